The first-order chi connectivity index (χ1) is 14.1. The van der Waals surface area contributed by atoms with Crippen LogP contribution in [-0.4, -0.2) is 26.2 Å². The van der Waals surface area contributed by atoms with Gasteiger partial charge >= 0.3 is 0 Å². The fourth-order valence-electron chi connectivity index (χ4n) is 3.02. The number of carbonyl (C=O) groups is 1. The van der Waals surface area contributed by atoms with Crippen molar-refractivity contribution in [1.82, 2.24) is 14.9 Å². The highest BCUT2D eigenvalue weighted by atomic mass is 32.2. The lowest BCUT2D eigenvalue weighted by atomic mass is 10.0. The molecule has 0 bridgehead atoms. The topological polar surface area (TPSA) is 64.0 Å². The van der Waals surface area contributed by atoms with E-state index in [4.69, 9.17) is 4.98 Å². The molecule has 1 amide bonds. The van der Waals surface area contributed by atoms with Crippen LogP contribution < -0.4 is 10.9 Å². The van der Waals surface area contributed by atoms with Gasteiger partial charge in [0.2, 0.25) is 5.91 Å². The van der Waals surface area contributed by atoms with Gasteiger partial charge in [0.05, 0.1) is 21.8 Å². The number of benzene rings is 2. The zero-order chi connectivity index (χ0) is 22.1. The van der Waals surface area contributed by atoms with Crippen molar-refractivity contribution in [1.29, 1.82) is 0 Å². The van der Waals surface area contributed by atoms with Crippen LogP contribution in [-0.2, 0) is 4.79 Å². The number of aromatic nitrogens is 2. The molecule has 0 fully saturated rings. The monoisotopic (exact) mass is 423 g/mol. The number of aryl methyl sites for hydroxylation is 2. The van der Waals surface area contributed by atoms with Crippen LogP contribution in [0.4, 0.5) is 0 Å². The number of fused-ring (bicyclic) bond motifs is 1. The van der Waals surface area contributed by atoms with E-state index < -0.39 is 5.25 Å². The van der Waals surface area contributed by atoms with Crippen molar-refractivity contribution in [2.75, 3.05) is 0 Å². The molecule has 5 nitrogen and oxygen atoms in total. The van der Waals surface area contributed by atoms with Crippen molar-refractivity contribution in [3.05, 3.63) is 63.9 Å². The van der Waals surface area contributed by atoms with Gasteiger partial charge in [-0.15, -0.1) is 0 Å². The molecule has 6 heteroatoms. The summed E-state index contributed by atoms with van der Waals surface area (Å²) in [6.45, 7) is 12.0. The van der Waals surface area contributed by atoms with E-state index in [-0.39, 0.29) is 17.0 Å². The van der Waals surface area contributed by atoms with Crippen LogP contribution in [0.1, 0.15) is 45.2 Å². The number of nitrogens with one attached hydrogen (secondary N) is 1. The molecular weight excluding hydrogens is 394 g/mol. The van der Waals surface area contributed by atoms with Gasteiger partial charge in [-0.3, -0.25) is 14.2 Å². The summed E-state index contributed by atoms with van der Waals surface area (Å²) in [5.41, 5.74) is 3.23. The normalized spacial score (nSPS) is 12.7. The Morgan fingerprint density at radius 1 is 1.17 bits per heavy atom. The van der Waals surface area contributed by atoms with Gasteiger partial charge < -0.3 is 5.32 Å². The van der Waals surface area contributed by atoms with Crippen molar-refractivity contribution < 1.29 is 4.79 Å². The van der Waals surface area contributed by atoms with E-state index in [1.54, 1.807) is 10.6 Å². The summed E-state index contributed by atoms with van der Waals surface area (Å²) in [4.78, 5) is 30.9. The van der Waals surface area contributed by atoms with Crippen LogP contribution in [0.3, 0.4) is 0 Å². The molecule has 0 aliphatic carbocycles. The lowest BCUT2D eigenvalue weighted by Crippen LogP contribution is -2.46. The first-order valence-electron chi connectivity index (χ1n) is 10.2. The molecule has 0 radical (unpaired) electrons. The molecule has 1 aromatic heterocycles. The standard InChI is InChI=1S/C24H29N3O2S/c1-7-24(5,6)26-21(28)17(4)30-23-25-20-11-9-8-10-19(20)22(29)27(23)18-13-12-15(2)16(3)14-18/h8-14,17H,7H2,1-6H3,(H,26,28). The van der Waals surface area contributed by atoms with Gasteiger partial charge in [-0.1, -0.05) is 36.9 Å². The molecule has 0 saturated heterocycles. The minimum Gasteiger partial charge on any atom is -0.350 e. The smallest absolute Gasteiger partial charge is 0.266 e. The van der Waals surface area contributed by atoms with Gasteiger partial charge in [0.15, 0.2) is 5.16 Å². The van der Waals surface area contributed by atoms with Crippen molar-refractivity contribution in [2.45, 2.75) is 63.9 Å². The third-order valence-electron chi connectivity index (χ3n) is 5.49. The molecule has 2 aromatic carbocycles. The van der Waals surface area contributed by atoms with Gasteiger partial charge in [-0.25, -0.2) is 4.98 Å². The van der Waals surface area contributed by atoms with E-state index in [1.165, 1.54) is 11.8 Å². The number of thioether (sulfide) groups is 1. The average Bonchev–Trinajstić information content (AvgIpc) is 2.70. The van der Waals surface area contributed by atoms with Gasteiger partial charge in [-0.05, 0) is 76.4 Å². The third kappa shape index (κ3) is 4.59. The van der Waals surface area contributed by atoms with E-state index >= 15 is 0 Å². The maximum Gasteiger partial charge on any atom is 0.266 e. The average molecular weight is 424 g/mol. The Morgan fingerprint density at radius 3 is 2.53 bits per heavy atom. The predicted molar refractivity (Wildman–Crippen MR) is 125 cm³/mol. The molecule has 3 rings (SSSR count). The fraction of sp³-hybridized carbons (Fsp3) is 0.375. The Hall–Kier alpha value is -2.60. The number of nitrogens with zero attached hydrogens (tertiary/aromatic N) is 2. The molecule has 0 spiro atoms. The van der Waals surface area contributed by atoms with E-state index in [0.717, 1.165) is 23.2 Å². The van der Waals surface area contributed by atoms with Crippen molar-refractivity contribution >= 4 is 28.6 Å². The number of hydrogen-bond donors (Lipinski definition) is 1. The van der Waals surface area contributed by atoms with Crippen molar-refractivity contribution in [2.24, 2.45) is 0 Å². The lowest BCUT2D eigenvalue weighted by molar-refractivity contribution is -0.121. The van der Waals surface area contributed by atoms with E-state index in [9.17, 15) is 9.59 Å². The zero-order valence-corrected chi connectivity index (χ0v) is 19.3. The van der Waals surface area contributed by atoms with Crippen molar-refractivity contribution in [3.8, 4) is 5.69 Å². The maximum absolute atomic E-state index is 13.4. The highest BCUT2D eigenvalue weighted by Gasteiger charge is 2.24. The molecular formula is C24H29N3O2S. The number of carbonyl (C=O) groups excluding carboxylic acids is 1. The Kier molecular flexibility index (Phi) is 6.36. The fourth-order valence-corrected chi connectivity index (χ4v) is 3.95. The summed E-state index contributed by atoms with van der Waals surface area (Å²) >= 11 is 1.30. The van der Waals surface area contributed by atoms with Crippen LogP contribution in [0.25, 0.3) is 16.6 Å². The van der Waals surface area contributed by atoms with Crippen LogP contribution >= 0.6 is 11.8 Å². The molecule has 0 aliphatic heterocycles. The van der Waals surface area contributed by atoms with E-state index in [1.807, 2.05) is 77.9 Å². The molecule has 0 aliphatic rings. The molecule has 1 atom stereocenters. The van der Waals surface area contributed by atoms with Crippen LogP contribution in [0.5, 0.6) is 0 Å². The third-order valence-corrected chi connectivity index (χ3v) is 6.54. The molecule has 1 heterocycles. The summed E-state index contributed by atoms with van der Waals surface area (Å²) in [6.07, 6.45) is 0.831. The molecule has 3 aromatic rings. The zero-order valence-electron chi connectivity index (χ0n) is 18.4. The summed E-state index contributed by atoms with van der Waals surface area (Å²) in [5.74, 6) is -0.0686. The predicted octanol–water partition coefficient (Wildman–Crippen LogP) is 4.79. The van der Waals surface area contributed by atoms with Gasteiger partial charge in [0.1, 0.15) is 0 Å². The minimum atomic E-state index is -0.401. The van der Waals surface area contributed by atoms with Crippen molar-refractivity contribution in [3.63, 3.8) is 0 Å². The lowest BCUT2D eigenvalue weighted by Gasteiger charge is -2.26. The van der Waals surface area contributed by atoms with Crippen LogP contribution in [0, 0.1) is 13.8 Å². The van der Waals surface area contributed by atoms with Crippen LogP contribution in [0.15, 0.2) is 52.4 Å². The van der Waals surface area contributed by atoms with Gasteiger partial charge in [0, 0.05) is 5.54 Å². The molecule has 158 valence electrons. The summed E-state index contributed by atoms with van der Waals surface area (Å²) < 4.78 is 1.62. The molecule has 1 N–H and O–H groups in total. The number of para-hydroxylation sites is 1. The first kappa shape index (κ1) is 22.1. The number of hydrogen-bond acceptors (Lipinski definition) is 4. The highest BCUT2D eigenvalue weighted by Crippen LogP contribution is 2.26. The summed E-state index contributed by atoms with van der Waals surface area (Å²) in [5, 5.41) is 3.75. The maximum atomic E-state index is 13.4. The Morgan fingerprint density at radius 2 is 1.87 bits per heavy atom. The molecule has 1 unspecified atom stereocenters. The molecule has 30 heavy (non-hydrogen) atoms. The van der Waals surface area contributed by atoms with E-state index in [0.29, 0.717) is 16.1 Å². The van der Waals surface area contributed by atoms with E-state index in [2.05, 4.69) is 5.32 Å². The van der Waals surface area contributed by atoms with Gasteiger partial charge in [0.25, 0.3) is 5.56 Å². The van der Waals surface area contributed by atoms with Gasteiger partial charge in [-0.2, -0.15) is 0 Å². The SMILES string of the molecule is CCC(C)(C)NC(=O)C(C)Sc1nc2ccccc2c(=O)n1-c1ccc(C)c(C)c1. The first-order valence-corrected chi connectivity index (χ1v) is 11.1. The second-order valence-electron chi connectivity index (χ2n) is 8.31. The second kappa shape index (κ2) is 8.64. The quantitative estimate of drug-likeness (QED) is 0.457. The Labute approximate surface area is 181 Å². The Balaban J connectivity index is 2.10. The second-order valence-corrected chi connectivity index (χ2v) is 9.62. The van der Waals surface area contributed by atoms with Crippen LogP contribution in [0.2, 0.25) is 0 Å². The number of amides is 1. The largest absolute Gasteiger partial charge is 0.350 e. The highest BCUT2D eigenvalue weighted by molar-refractivity contribution is 8.00. The summed E-state index contributed by atoms with van der Waals surface area (Å²) in [7, 11) is 0. The minimum absolute atomic E-state index is 0.0686. The Bertz CT molecular complexity index is 1150. The molecule has 0 saturated carbocycles. The summed E-state index contributed by atoms with van der Waals surface area (Å²) in [6, 6.07) is 13.2. The number of rotatable bonds is 6.